The van der Waals surface area contributed by atoms with Gasteiger partial charge in [0.1, 0.15) is 11.6 Å². The largest absolute Gasteiger partial charge is 0.376 e. The molecule has 2 aliphatic heterocycles. The Morgan fingerprint density at radius 3 is 2.60 bits per heavy atom. The summed E-state index contributed by atoms with van der Waals surface area (Å²) in [6.45, 7) is 9.96. The summed E-state index contributed by atoms with van der Waals surface area (Å²) in [7, 11) is 1.93. The molecule has 8 nitrogen and oxygen atoms in total. The van der Waals surface area contributed by atoms with Gasteiger partial charge in [0.2, 0.25) is 0 Å². The lowest BCUT2D eigenvalue weighted by Crippen LogP contribution is -2.42. The Morgan fingerprint density at radius 2 is 1.84 bits per heavy atom. The quantitative estimate of drug-likeness (QED) is 0.814. The maximum absolute atomic E-state index is 5.68. The summed E-state index contributed by atoms with van der Waals surface area (Å²) in [6, 6.07) is 0. The molecule has 0 bridgehead atoms. The minimum Gasteiger partial charge on any atom is -0.376 e. The van der Waals surface area contributed by atoms with Crippen LogP contribution in [0.15, 0.2) is 6.20 Å². The van der Waals surface area contributed by atoms with Crippen LogP contribution in [0.4, 0.5) is 5.82 Å². The van der Waals surface area contributed by atoms with Crippen molar-refractivity contribution < 1.29 is 9.47 Å². The van der Waals surface area contributed by atoms with Crippen molar-refractivity contribution in [3.63, 3.8) is 0 Å². The van der Waals surface area contributed by atoms with Crippen LogP contribution >= 0.6 is 0 Å². The minimum absolute atomic E-state index is 0.207. The number of fused-ring (bicyclic) bond motifs is 1. The second kappa shape index (κ2) is 6.86. The Labute approximate surface area is 147 Å². The van der Waals surface area contributed by atoms with Gasteiger partial charge in [-0.25, -0.2) is 9.97 Å². The molecule has 25 heavy (non-hydrogen) atoms. The van der Waals surface area contributed by atoms with Crippen LogP contribution in [0, 0.1) is 0 Å². The van der Waals surface area contributed by atoms with Crippen molar-refractivity contribution in [2.45, 2.75) is 32.6 Å². The molecule has 0 saturated carbocycles. The molecule has 4 heterocycles. The molecule has 0 N–H and O–H groups in total. The molecular formula is C17H26N6O2. The zero-order valence-corrected chi connectivity index (χ0v) is 15.2. The lowest BCUT2D eigenvalue weighted by atomic mass is 10.2. The van der Waals surface area contributed by atoms with E-state index >= 15 is 0 Å². The van der Waals surface area contributed by atoms with Gasteiger partial charge in [0.15, 0.2) is 5.65 Å². The van der Waals surface area contributed by atoms with Crippen molar-refractivity contribution in [2.24, 2.45) is 7.05 Å². The SMILES string of the molecule is C[C@H]1CN(Cc2nc(N3CCO[C@@H](C)C3)c3cnn(C)c3n2)CCO1. The molecule has 136 valence electrons. The predicted octanol–water partition coefficient (Wildman–Crippen LogP) is 0.809. The third kappa shape index (κ3) is 3.47. The molecule has 2 saturated heterocycles. The molecule has 0 radical (unpaired) electrons. The van der Waals surface area contributed by atoms with Gasteiger partial charge in [-0.2, -0.15) is 5.10 Å². The van der Waals surface area contributed by atoms with E-state index in [0.29, 0.717) is 0 Å². The average Bonchev–Trinajstić information content (AvgIpc) is 2.96. The molecule has 2 fully saturated rings. The number of morpholine rings is 2. The molecule has 2 aliphatic rings. The number of aryl methyl sites for hydroxylation is 1. The van der Waals surface area contributed by atoms with E-state index in [-0.39, 0.29) is 12.2 Å². The lowest BCUT2D eigenvalue weighted by Gasteiger charge is -2.33. The fourth-order valence-corrected chi connectivity index (χ4v) is 3.61. The van der Waals surface area contributed by atoms with Crippen molar-refractivity contribution in [1.82, 2.24) is 24.6 Å². The average molecular weight is 346 g/mol. The maximum atomic E-state index is 5.68. The van der Waals surface area contributed by atoms with E-state index in [9.17, 15) is 0 Å². The van der Waals surface area contributed by atoms with Gasteiger partial charge >= 0.3 is 0 Å². The van der Waals surface area contributed by atoms with Crippen molar-refractivity contribution in [3.05, 3.63) is 12.0 Å². The molecule has 8 heteroatoms. The second-order valence-corrected chi connectivity index (χ2v) is 7.01. The van der Waals surface area contributed by atoms with Gasteiger partial charge in [0.25, 0.3) is 0 Å². The van der Waals surface area contributed by atoms with Crippen molar-refractivity contribution in [2.75, 3.05) is 44.3 Å². The van der Waals surface area contributed by atoms with Gasteiger partial charge in [0.05, 0.1) is 43.5 Å². The highest BCUT2D eigenvalue weighted by Gasteiger charge is 2.24. The zero-order chi connectivity index (χ0) is 17.4. The van der Waals surface area contributed by atoms with Gasteiger partial charge in [-0.1, -0.05) is 0 Å². The van der Waals surface area contributed by atoms with E-state index in [1.165, 1.54) is 0 Å². The van der Waals surface area contributed by atoms with Crippen molar-refractivity contribution in [3.8, 4) is 0 Å². The monoisotopic (exact) mass is 346 g/mol. The number of aromatic nitrogens is 4. The molecule has 0 aromatic carbocycles. The van der Waals surface area contributed by atoms with E-state index in [2.05, 4.69) is 28.7 Å². The molecular weight excluding hydrogens is 320 g/mol. The summed E-state index contributed by atoms with van der Waals surface area (Å²) in [6.07, 6.45) is 2.33. The predicted molar refractivity (Wildman–Crippen MR) is 94.6 cm³/mol. The highest BCUT2D eigenvalue weighted by molar-refractivity contribution is 5.87. The van der Waals surface area contributed by atoms with E-state index in [1.807, 2.05) is 17.9 Å². The van der Waals surface area contributed by atoms with Gasteiger partial charge < -0.3 is 14.4 Å². The van der Waals surface area contributed by atoms with E-state index in [4.69, 9.17) is 19.4 Å². The molecule has 2 aromatic rings. The molecule has 4 rings (SSSR count). The van der Waals surface area contributed by atoms with E-state index < -0.39 is 0 Å². The summed E-state index contributed by atoms with van der Waals surface area (Å²) in [5.74, 6) is 1.82. The highest BCUT2D eigenvalue weighted by Crippen LogP contribution is 2.25. The summed E-state index contributed by atoms with van der Waals surface area (Å²) >= 11 is 0. The van der Waals surface area contributed by atoms with Crippen LogP contribution in [0.2, 0.25) is 0 Å². The Bertz CT molecular complexity index is 748. The smallest absolute Gasteiger partial charge is 0.163 e. The van der Waals surface area contributed by atoms with Gasteiger partial charge in [0, 0.05) is 33.2 Å². The Hall–Kier alpha value is -1.77. The second-order valence-electron chi connectivity index (χ2n) is 7.01. The maximum Gasteiger partial charge on any atom is 0.163 e. The lowest BCUT2D eigenvalue weighted by molar-refractivity contribution is -0.0219. The standard InChI is InChI=1S/C17H26N6O2/c1-12-9-22(4-6-24-12)11-15-19-16-14(8-18-21(16)3)17(20-15)23-5-7-25-13(2)10-23/h8,12-13H,4-7,9-11H2,1-3H3/t12-,13-/m0/s1. The normalized spacial score (nSPS) is 25.6. The first-order chi connectivity index (χ1) is 12.1. The number of rotatable bonds is 3. The molecule has 0 aliphatic carbocycles. The fourth-order valence-electron chi connectivity index (χ4n) is 3.61. The number of anilines is 1. The Morgan fingerprint density at radius 1 is 1.08 bits per heavy atom. The number of hydrogen-bond acceptors (Lipinski definition) is 7. The Kier molecular flexibility index (Phi) is 4.58. The van der Waals surface area contributed by atoms with Crippen molar-refractivity contribution >= 4 is 16.9 Å². The van der Waals surface area contributed by atoms with Crippen LogP contribution in [0.25, 0.3) is 11.0 Å². The van der Waals surface area contributed by atoms with E-state index in [1.54, 1.807) is 0 Å². The van der Waals surface area contributed by atoms with Crippen LogP contribution in [0.1, 0.15) is 19.7 Å². The topological polar surface area (TPSA) is 68.5 Å². The molecule has 0 amide bonds. The summed E-state index contributed by atoms with van der Waals surface area (Å²) < 4.78 is 13.1. The fraction of sp³-hybridized carbons (Fsp3) is 0.706. The number of hydrogen-bond donors (Lipinski definition) is 0. The summed E-state index contributed by atoms with van der Waals surface area (Å²) in [5.41, 5.74) is 0.889. The van der Waals surface area contributed by atoms with Gasteiger partial charge in [-0.3, -0.25) is 9.58 Å². The van der Waals surface area contributed by atoms with Crippen LogP contribution in [0.5, 0.6) is 0 Å². The first kappa shape index (κ1) is 16.7. The minimum atomic E-state index is 0.207. The van der Waals surface area contributed by atoms with Gasteiger partial charge in [-0.15, -0.1) is 0 Å². The molecule has 2 aromatic heterocycles. The molecule has 2 atom stereocenters. The van der Waals surface area contributed by atoms with Crippen LogP contribution in [-0.2, 0) is 23.1 Å². The van der Waals surface area contributed by atoms with Crippen LogP contribution in [0.3, 0.4) is 0 Å². The molecule has 0 spiro atoms. The van der Waals surface area contributed by atoms with Crippen LogP contribution < -0.4 is 4.90 Å². The Balaban J connectivity index is 1.66. The van der Waals surface area contributed by atoms with E-state index in [0.717, 1.165) is 68.6 Å². The summed E-state index contributed by atoms with van der Waals surface area (Å²) in [5, 5.41) is 5.40. The highest BCUT2D eigenvalue weighted by atomic mass is 16.5. The number of nitrogens with zero attached hydrogens (tertiary/aromatic N) is 6. The zero-order valence-electron chi connectivity index (χ0n) is 15.2. The first-order valence-electron chi connectivity index (χ1n) is 8.99. The molecule has 0 unspecified atom stereocenters. The van der Waals surface area contributed by atoms with Gasteiger partial charge in [-0.05, 0) is 13.8 Å². The number of ether oxygens (including phenoxy) is 2. The summed E-state index contributed by atoms with van der Waals surface area (Å²) in [4.78, 5) is 14.3. The third-order valence-electron chi connectivity index (χ3n) is 4.85. The first-order valence-corrected chi connectivity index (χ1v) is 8.99. The van der Waals surface area contributed by atoms with Crippen LogP contribution in [-0.4, -0.2) is 76.2 Å². The van der Waals surface area contributed by atoms with Crippen molar-refractivity contribution in [1.29, 1.82) is 0 Å². The third-order valence-corrected chi connectivity index (χ3v) is 4.85.